The maximum Gasteiger partial charge on any atom is 0.434 e. The number of aryl methyl sites for hydroxylation is 1. The van der Waals surface area contributed by atoms with Crippen molar-refractivity contribution in [2.24, 2.45) is 0 Å². The number of rotatable bonds is 4. The van der Waals surface area contributed by atoms with Gasteiger partial charge in [-0.1, -0.05) is 17.7 Å². The lowest BCUT2D eigenvalue weighted by molar-refractivity contribution is -0.143. The number of carbonyl (C=O) groups is 1. The molecule has 0 saturated carbocycles. The van der Waals surface area contributed by atoms with Crippen LogP contribution in [0, 0.1) is 6.92 Å². The van der Waals surface area contributed by atoms with Gasteiger partial charge in [0.25, 0.3) is 5.91 Å². The molecule has 1 N–H and O–H groups in total. The molecule has 1 aromatic carbocycles. The highest BCUT2D eigenvalue weighted by atomic mass is 35.5. The van der Waals surface area contributed by atoms with Crippen LogP contribution in [0.1, 0.15) is 21.6 Å². The van der Waals surface area contributed by atoms with Crippen molar-refractivity contribution in [1.82, 2.24) is 34.7 Å². The Morgan fingerprint density at radius 1 is 1.03 bits per heavy atom. The van der Waals surface area contributed by atoms with E-state index in [0.29, 0.717) is 15.6 Å². The fourth-order valence-corrected chi connectivity index (χ4v) is 3.80. The summed E-state index contributed by atoms with van der Waals surface area (Å²) in [7, 11) is 0. The number of amides is 1. The lowest BCUT2D eigenvalue weighted by Gasteiger charge is -2.14. The van der Waals surface area contributed by atoms with Crippen molar-refractivity contribution in [2.75, 3.05) is 5.32 Å². The average molecular weight is 499 g/mol. The summed E-state index contributed by atoms with van der Waals surface area (Å²) in [4.78, 5) is 22.4. The summed E-state index contributed by atoms with van der Waals surface area (Å²) >= 11 is 6.19. The van der Waals surface area contributed by atoms with Crippen molar-refractivity contribution in [2.45, 2.75) is 13.1 Å². The molecule has 0 aliphatic rings. The highest BCUT2D eigenvalue weighted by Crippen LogP contribution is 2.35. The Hall–Kier alpha value is -4.32. The molecule has 13 heteroatoms. The number of pyridine rings is 2. The van der Waals surface area contributed by atoms with Crippen LogP contribution in [0.15, 0.2) is 61.3 Å². The van der Waals surface area contributed by atoms with E-state index in [1.54, 1.807) is 31.3 Å². The Balaban J connectivity index is 1.54. The van der Waals surface area contributed by atoms with Gasteiger partial charge in [-0.05, 0) is 36.8 Å². The minimum atomic E-state index is -4.88. The quantitative estimate of drug-likeness (QED) is 0.387. The number of hydrogen-bond acceptors (Lipinski definition) is 6. The molecule has 5 aromatic rings. The first-order chi connectivity index (χ1) is 16.7. The third-order valence-electron chi connectivity index (χ3n) is 5.04. The maximum absolute atomic E-state index is 14.2. The van der Waals surface area contributed by atoms with Gasteiger partial charge in [0.15, 0.2) is 11.5 Å². The highest BCUT2D eigenvalue weighted by molar-refractivity contribution is 6.32. The molecule has 176 valence electrons. The average Bonchev–Trinajstić information content (AvgIpc) is 3.49. The number of fused-ring (bicyclic) bond motifs is 1. The van der Waals surface area contributed by atoms with Crippen LogP contribution in [0.2, 0.25) is 5.02 Å². The Morgan fingerprint density at radius 2 is 1.80 bits per heavy atom. The largest absolute Gasteiger partial charge is 0.434 e. The molecule has 1 amide bonds. The Labute approximate surface area is 200 Å². The number of nitrogens with zero attached hydrogens (tertiary/aromatic N) is 7. The van der Waals surface area contributed by atoms with Gasteiger partial charge < -0.3 is 5.32 Å². The van der Waals surface area contributed by atoms with E-state index in [1.807, 2.05) is 0 Å². The zero-order valence-corrected chi connectivity index (χ0v) is 18.6. The fraction of sp³-hybridized carbons (Fsp3) is 0.0909. The number of anilines is 1. The second-order valence-electron chi connectivity index (χ2n) is 7.47. The molecule has 9 nitrogen and oxygen atoms in total. The van der Waals surface area contributed by atoms with Crippen LogP contribution in [-0.4, -0.2) is 40.6 Å². The van der Waals surface area contributed by atoms with Crippen LogP contribution in [0.5, 0.6) is 0 Å². The standard InChI is InChI=1S/C22H14ClF3N8O/c1-12-7-14-17(27-9-12)3-2-4-18(14)33-19(22(24,25)26)15(11-31-33)21(35)32-13-8-16(23)20(28-10-13)34-29-5-6-30-34/h2-11H,1H3,(H,32,35). The molecule has 4 aromatic heterocycles. The zero-order chi connectivity index (χ0) is 24.7. The fourth-order valence-electron chi connectivity index (χ4n) is 3.56. The lowest BCUT2D eigenvalue weighted by Crippen LogP contribution is -2.21. The summed E-state index contributed by atoms with van der Waals surface area (Å²) < 4.78 is 43.2. The summed E-state index contributed by atoms with van der Waals surface area (Å²) in [6.45, 7) is 1.78. The van der Waals surface area contributed by atoms with Crippen LogP contribution in [0.3, 0.4) is 0 Å². The second-order valence-corrected chi connectivity index (χ2v) is 7.88. The van der Waals surface area contributed by atoms with Gasteiger partial charge in [-0.3, -0.25) is 9.78 Å². The van der Waals surface area contributed by atoms with Crippen molar-refractivity contribution in [1.29, 1.82) is 0 Å². The summed E-state index contributed by atoms with van der Waals surface area (Å²) in [6.07, 6.45) is 1.70. The molecule has 0 fully saturated rings. The third-order valence-corrected chi connectivity index (χ3v) is 5.32. The van der Waals surface area contributed by atoms with Crippen molar-refractivity contribution >= 4 is 34.1 Å². The minimum Gasteiger partial charge on any atom is -0.320 e. The molecule has 4 heterocycles. The SMILES string of the molecule is Cc1cnc2cccc(-n3ncc(C(=O)Nc4cnc(-n5nccn5)c(Cl)c4)c3C(F)(F)F)c2c1. The summed E-state index contributed by atoms with van der Waals surface area (Å²) in [6, 6.07) is 7.79. The van der Waals surface area contributed by atoms with Gasteiger partial charge in [0.2, 0.25) is 0 Å². The highest BCUT2D eigenvalue weighted by Gasteiger charge is 2.41. The van der Waals surface area contributed by atoms with Gasteiger partial charge in [0.1, 0.15) is 0 Å². The van der Waals surface area contributed by atoms with E-state index in [4.69, 9.17) is 11.6 Å². The number of nitrogens with one attached hydrogen (secondary N) is 1. The van der Waals surface area contributed by atoms with E-state index in [0.717, 1.165) is 11.8 Å². The summed E-state index contributed by atoms with van der Waals surface area (Å²) in [5, 5.41) is 14.7. The molecular weight excluding hydrogens is 485 g/mol. The summed E-state index contributed by atoms with van der Waals surface area (Å²) in [5.74, 6) is -0.834. The first kappa shape index (κ1) is 22.5. The molecule has 0 unspecified atom stereocenters. The van der Waals surface area contributed by atoms with Crippen molar-refractivity contribution in [3.05, 3.63) is 83.2 Å². The molecule has 0 atom stereocenters. The van der Waals surface area contributed by atoms with Crippen molar-refractivity contribution in [3.8, 4) is 11.5 Å². The number of aromatic nitrogens is 7. The predicted octanol–water partition coefficient (Wildman–Crippen LogP) is 4.63. The molecular formula is C22H14ClF3N8O. The number of carbonyl (C=O) groups excluding carboxylic acids is 1. The van der Waals surface area contributed by atoms with Gasteiger partial charge in [0.05, 0.1) is 52.3 Å². The summed E-state index contributed by atoms with van der Waals surface area (Å²) in [5.41, 5.74) is -0.394. The van der Waals surface area contributed by atoms with Crippen LogP contribution in [-0.2, 0) is 6.18 Å². The molecule has 0 aliphatic carbocycles. The normalized spacial score (nSPS) is 11.7. The van der Waals surface area contributed by atoms with Crippen molar-refractivity contribution in [3.63, 3.8) is 0 Å². The van der Waals surface area contributed by atoms with E-state index in [9.17, 15) is 18.0 Å². The number of hydrogen-bond donors (Lipinski definition) is 1. The van der Waals surface area contributed by atoms with E-state index < -0.39 is 23.3 Å². The van der Waals surface area contributed by atoms with Crippen LogP contribution >= 0.6 is 11.6 Å². The van der Waals surface area contributed by atoms with Crippen LogP contribution in [0.25, 0.3) is 22.4 Å². The van der Waals surface area contributed by atoms with Gasteiger partial charge in [-0.2, -0.15) is 28.5 Å². The number of benzene rings is 1. The zero-order valence-electron chi connectivity index (χ0n) is 17.8. The first-order valence-electron chi connectivity index (χ1n) is 10.1. The van der Waals surface area contributed by atoms with E-state index in [2.05, 4.69) is 30.6 Å². The van der Waals surface area contributed by atoms with E-state index >= 15 is 0 Å². The number of alkyl halides is 3. The van der Waals surface area contributed by atoms with Crippen LogP contribution < -0.4 is 5.32 Å². The molecule has 0 radical (unpaired) electrons. The monoisotopic (exact) mass is 498 g/mol. The van der Waals surface area contributed by atoms with Crippen LogP contribution in [0.4, 0.5) is 18.9 Å². The smallest absolute Gasteiger partial charge is 0.320 e. The van der Waals surface area contributed by atoms with Gasteiger partial charge in [-0.25, -0.2) is 9.67 Å². The Kier molecular flexibility index (Phi) is 5.44. The van der Waals surface area contributed by atoms with Gasteiger partial charge in [0, 0.05) is 11.6 Å². The molecule has 0 aliphatic heterocycles. The maximum atomic E-state index is 14.2. The third kappa shape index (κ3) is 4.19. The Bertz CT molecular complexity index is 1560. The predicted molar refractivity (Wildman–Crippen MR) is 121 cm³/mol. The van der Waals surface area contributed by atoms with Gasteiger partial charge >= 0.3 is 6.18 Å². The molecule has 0 bridgehead atoms. The van der Waals surface area contributed by atoms with Crippen molar-refractivity contribution < 1.29 is 18.0 Å². The van der Waals surface area contributed by atoms with E-state index in [1.165, 1.54) is 35.5 Å². The Morgan fingerprint density at radius 3 is 2.51 bits per heavy atom. The second kappa shape index (κ2) is 8.47. The molecule has 35 heavy (non-hydrogen) atoms. The number of halogens is 4. The first-order valence-corrected chi connectivity index (χ1v) is 10.4. The van der Waals surface area contributed by atoms with Gasteiger partial charge in [-0.15, -0.1) is 4.80 Å². The minimum absolute atomic E-state index is 0.0850. The molecule has 0 spiro atoms. The molecule has 0 saturated heterocycles. The lowest BCUT2D eigenvalue weighted by atomic mass is 10.1. The topological polar surface area (TPSA) is 103 Å². The van der Waals surface area contributed by atoms with E-state index in [-0.39, 0.29) is 22.2 Å². The molecule has 5 rings (SSSR count).